The topological polar surface area (TPSA) is 58.2 Å². The molecule has 0 aromatic heterocycles. The maximum atomic E-state index is 12.7. The molecule has 2 N–H and O–H groups in total. The predicted molar refractivity (Wildman–Crippen MR) is 85.2 cm³/mol. The third kappa shape index (κ3) is 3.07. The maximum Gasteiger partial charge on any atom is 0.256 e. The molecular formula is C16H22N2O2S. The Labute approximate surface area is 130 Å². The number of nitrogens with one attached hydrogen (secondary N) is 2. The molecule has 1 heterocycles. The van der Waals surface area contributed by atoms with E-state index in [0.29, 0.717) is 18.0 Å². The van der Waals surface area contributed by atoms with Gasteiger partial charge in [0.15, 0.2) is 4.87 Å². The number of carbonyl (C=O) groups is 2. The smallest absolute Gasteiger partial charge is 0.256 e. The molecule has 1 aromatic carbocycles. The van der Waals surface area contributed by atoms with Crippen molar-refractivity contribution < 1.29 is 9.59 Å². The van der Waals surface area contributed by atoms with Gasteiger partial charge in [0.2, 0.25) is 0 Å². The number of rotatable bonds is 4. The van der Waals surface area contributed by atoms with Gasteiger partial charge in [-0.15, -0.1) is 0 Å². The van der Waals surface area contributed by atoms with Crippen LogP contribution in [0.2, 0.25) is 0 Å². The van der Waals surface area contributed by atoms with Crippen molar-refractivity contribution in [2.24, 2.45) is 11.8 Å². The Morgan fingerprint density at radius 3 is 2.57 bits per heavy atom. The van der Waals surface area contributed by atoms with Crippen LogP contribution in [0.3, 0.4) is 0 Å². The summed E-state index contributed by atoms with van der Waals surface area (Å²) in [6.45, 7) is 8.60. The Balaban J connectivity index is 2.33. The molecule has 1 aliphatic heterocycles. The Bertz CT molecular complexity index is 557. The zero-order valence-electron chi connectivity index (χ0n) is 12.9. The van der Waals surface area contributed by atoms with Crippen LogP contribution in [0.1, 0.15) is 38.1 Å². The number of fused-ring (bicyclic) bond motifs is 1. The van der Waals surface area contributed by atoms with E-state index in [1.807, 2.05) is 45.9 Å². The summed E-state index contributed by atoms with van der Waals surface area (Å²) in [5.74, 6) is 0.0403. The van der Waals surface area contributed by atoms with Crippen molar-refractivity contribution >= 4 is 23.6 Å². The van der Waals surface area contributed by atoms with E-state index >= 15 is 0 Å². The summed E-state index contributed by atoms with van der Waals surface area (Å²) < 4.78 is 0. The quantitative estimate of drug-likeness (QED) is 0.899. The minimum Gasteiger partial charge on any atom is -0.353 e. The van der Waals surface area contributed by atoms with E-state index in [0.717, 1.165) is 4.90 Å². The lowest BCUT2D eigenvalue weighted by molar-refractivity contribution is -0.125. The van der Waals surface area contributed by atoms with Crippen LogP contribution in [0.25, 0.3) is 0 Å². The lowest BCUT2D eigenvalue weighted by Gasteiger charge is -2.39. The summed E-state index contributed by atoms with van der Waals surface area (Å²) >= 11 is 1.43. The minimum absolute atomic E-state index is 0.0213. The van der Waals surface area contributed by atoms with Gasteiger partial charge in [-0.25, -0.2) is 0 Å². The Morgan fingerprint density at radius 2 is 1.95 bits per heavy atom. The second-order valence-corrected chi connectivity index (χ2v) is 7.33. The summed E-state index contributed by atoms with van der Waals surface area (Å²) in [5.41, 5.74) is 0.635. The molecule has 1 aliphatic rings. The van der Waals surface area contributed by atoms with E-state index in [1.54, 1.807) is 6.07 Å². The zero-order chi connectivity index (χ0) is 15.6. The van der Waals surface area contributed by atoms with Gasteiger partial charge in [0, 0.05) is 11.4 Å². The SMILES string of the molecule is CC(C)CNC(=O)[C@]1(C(C)C)NC(=O)c2ccccc2S1. The van der Waals surface area contributed by atoms with E-state index in [-0.39, 0.29) is 17.7 Å². The van der Waals surface area contributed by atoms with Gasteiger partial charge in [-0.1, -0.05) is 51.6 Å². The van der Waals surface area contributed by atoms with E-state index in [1.165, 1.54) is 11.8 Å². The highest BCUT2D eigenvalue weighted by atomic mass is 32.2. The third-order valence-corrected chi connectivity index (χ3v) is 5.18. The molecule has 1 aromatic rings. The van der Waals surface area contributed by atoms with E-state index in [2.05, 4.69) is 10.6 Å². The Hall–Kier alpha value is -1.49. The van der Waals surface area contributed by atoms with Gasteiger partial charge in [-0.3, -0.25) is 9.59 Å². The maximum absolute atomic E-state index is 12.7. The van der Waals surface area contributed by atoms with Crippen molar-refractivity contribution in [2.45, 2.75) is 37.5 Å². The molecule has 0 aliphatic carbocycles. The average Bonchev–Trinajstić information content (AvgIpc) is 2.44. The van der Waals surface area contributed by atoms with Gasteiger partial charge in [0.05, 0.1) is 5.56 Å². The predicted octanol–water partition coefficient (Wildman–Crippen LogP) is 2.65. The fraction of sp³-hybridized carbons (Fsp3) is 0.500. The Morgan fingerprint density at radius 1 is 1.29 bits per heavy atom. The number of hydrogen-bond acceptors (Lipinski definition) is 3. The fourth-order valence-corrected chi connectivity index (χ4v) is 3.54. The van der Waals surface area contributed by atoms with Gasteiger partial charge in [-0.05, 0) is 24.0 Å². The van der Waals surface area contributed by atoms with E-state index in [4.69, 9.17) is 0 Å². The summed E-state index contributed by atoms with van der Waals surface area (Å²) in [7, 11) is 0. The molecule has 0 fully saturated rings. The second kappa shape index (κ2) is 6.10. The monoisotopic (exact) mass is 306 g/mol. The summed E-state index contributed by atoms with van der Waals surface area (Å²) in [6.07, 6.45) is 0. The highest BCUT2D eigenvalue weighted by molar-refractivity contribution is 8.01. The van der Waals surface area contributed by atoms with Crippen molar-refractivity contribution in [3.8, 4) is 0 Å². The molecule has 2 rings (SSSR count). The number of amides is 2. The summed E-state index contributed by atoms with van der Waals surface area (Å²) in [6, 6.07) is 7.40. The summed E-state index contributed by atoms with van der Waals surface area (Å²) in [5, 5.41) is 5.87. The normalized spacial score (nSPS) is 21.1. The average molecular weight is 306 g/mol. The molecule has 21 heavy (non-hydrogen) atoms. The number of carbonyl (C=O) groups excluding carboxylic acids is 2. The van der Waals surface area contributed by atoms with Crippen LogP contribution in [0.15, 0.2) is 29.2 Å². The van der Waals surface area contributed by atoms with Crippen LogP contribution in [-0.2, 0) is 4.79 Å². The zero-order valence-corrected chi connectivity index (χ0v) is 13.7. The molecule has 4 nitrogen and oxygen atoms in total. The molecule has 1 atom stereocenters. The van der Waals surface area contributed by atoms with Crippen molar-refractivity contribution in [1.82, 2.24) is 10.6 Å². The first-order valence-electron chi connectivity index (χ1n) is 7.25. The molecule has 0 saturated carbocycles. The third-order valence-electron chi connectivity index (χ3n) is 3.52. The molecule has 0 radical (unpaired) electrons. The van der Waals surface area contributed by atoms with Crippen molar-refractivity contribution in [3.63, 3.8) is 0 Å². The first-order chi connectivity index (χ1) is 9.86. The fourth-order valence-electron chi connectivity index (χ4n) is 2.23. The van der Waals surface area contributed by atoms with Crippen molar-refractivity contribution in [3.05, 3.63) is 29.8 Å². The molecule has 0 unspecified atom stereocenters. The molecule has 0 bridgehead atoms. The molecular weight excluding hydrogens is 284 g/mol. The van der Waals surface area contributed by atoms with Crippen LogP contribution in [0, 0.1) is 11.8 Å². The van der Waals surface area contributed by atoms with Crippen LogP contribution in [0.4, 0.5) is 0 Å². The van der Waals surface area contributed by atoms with Gasteiger partial charge >= 0.3 is 0 Å². The Kier molecular flexibility index (Phi) is 4.61. The van der Waals surface area contributed by atoms with E-state index < -0.39 is 4.87 Å². The number of thioether (sulfide) groups is 1. The number of benzene rings is 1. The van der Waals surface area contributed by atoms with Gasteiger partial charge in [0.1, 0.15) is 0 Å². The highest BCUT2D eigenvalue weighted by Gasteiger charge is 2.47. The molecule has 0 spiro atoms. The molecule has 5 heteroatoms. The van der Waals surface area contributed by atoms with Crippen LogP contribution < -0.4 is 10.6 Å². The molecule has 2 amide bonds. The van der Waals surface area contributed by atoms with Gasteiger partial charge in [-0.2, -0.15) is 0 Å². The van der Waals surface area contributed by atoms with Crippen molar-refractivity contribution in [2.75, 3.05) is 6.54 Å². The number of hydrogen-bond donors (Lipinski definition) is 2. The van der Waals surface area contributed by atoms with Gasteiger partial charge < -0.3 is 10.6 Å². The minimum atomic E-state index is -0.944. The first kappa shape index (κ1) is 15.9. The van der Waals surface area contributed by atoms with Crippen LogP contribution >= 0.6 is 11.8 Å². The molecule has 114 valence electrons. The van der Waals surface area contributed by atoms with Crippen LogP contribution in [0.5, 0.6) is 0 Å². The van der Waals surface area contributed by atoms with Crippen LogP contribution in [-0.4, -0.2) is 23.2 Å². The second-order valence-electron chi connectivity index (χ2n) is 6.05. The first-order valence-corrected chi connectivity index (χ1v) is 8.07. The summed E-state index contributed by atoms with van der Waals surface area (Å²) in [4.78, 5) is 24.9. The lowest BCUT2D eigenvalue weighted by atomic mass is 10.0. The lowest BCUT2D eigenvalue weighted by Crippen LogP contribution is -2.61. The van der Waals surface area contributed by atoms with E-state index in [9.17, 15) is 9.59 Å². The highest BCUT2D eigenvalue weighted by Crippen LogP contribution is 2.42. The largest absolute Gasteiger partial charge is 0.353 e. The molecule has 0 saturated heterocycles. The van der Waals surface area contributed by atoms with Crippen molar-refractivity contribution in [1.29, 1.82) is 0 Å². The van der Waals surface area contributed by atoms with Gasteiger partial charge in [0.25, 0.3) is 11.8 Å². The standard InChI is InChI=1S/C16H22N2O2S/c1-10(2)9-17-15(20)16(11(3)4)18-14(19)12-7-5-6-8-13(12)21-16/h5-8,10-11H,9H2,1-4H3,(H,17,20)(H,18,19)/t16-/m1/s1.